The minimum absolute atomic E-state index is 0.363. The van der Waals surface area contributed by atoms with E-state index in [0.717, 1.165) is 34.5 Å². The van der Waals surface area contributed by atoms with Crippen LogP contribution in [-0.2, 0) is 10.2 Å². The van der Waals surface area contributed by atoms with Crippen molar-refractivity contribution in [2.75, 3.05) is 12.3 Å². The van der Waals surface area contributed by atoms with E-state index in [9.17, 15) is 8.42 Å². The topological polar surface area (TPSA) is 98.0 Å². The molecule has 0 radical (unpaired) electrons. The molecule has 0 saturated carbocycles. The van der Waals surface area contributed by atoms with Crippen LogP contribution < -0.4 is 9.86 Å². The first-order valence-electron chi connectivity index (χ1n) is 6.99. The summed E-state index contributed by atoms with van der Waals surface area (Å²) in [6.07, 6.45) is 3.20. The number of unbranched alkanes of at least 4 members (excludes halogenated alkanes) is 1. The summed E-state index contributed by atoms with van der Waals surface area (Å²) in [5, 5.41) is 6.90. The lowest BCUT2D eigenvalue weighted by Gasteiger charge is -2.07. The Balaban J connectivity index is 1.93. The Morgan fingerprint density at radius 3 is 2.64 bits per heavy atom. The van der Waals surface area contributed by atoms with Gasteiger partial charge in [0, 0.05) is 11.9 Å². The first-order chi connectivity index (χ1) is 10.4. The van der Waals surface area contributed by atoms with Crippen molar-refractivity contribution in [3.05, 3.63) is 29.6 Å². The molecule has 1 heterocycles. The molecule has 0 amide bonds. The zero-order valence-corrected chi connectivity index (χ0v) is 14.3. The van der Waals surface area contributed by atoms with E-state index in [4.69, 9.17) is 5.14 Å². The van der Waals surface area contributed by atoms with Crippen molar-refractivity contribution in [2.24, 2.45) is 5.14 Å². The highest BCUT2D eigenvalue weighted by Gasteiger charge is 2.06. The van der Waals surface area contributed by atoms with Crippen LogP contribution in [0.2, 0.25) is 0 Å². The maximum atomic E-state index is 10.7. The van der Waals surface area contributed by atoms with Gasteiger partial charge < -0.3 is 0 Å². The van der Waals surface area contributed by atoms with Crippen LogP contribution >= 0.6 is 11.8 Å². The Hall–Kier alpha value is -1.22. The monoisotopic (exact) mass is 340 g/mol. The number of hydrogen-bond donors (Lipinski definition) is 2. The van der Waals surface area contributed by atoms with Crippen LogP contribution in [-0.4, -0.2) is 30.7 Å². The minimum Gasteiger partial charge on any atom is -0.236 e. The highest BCUT2D eigenvalue weighted by molar-refractivity contribution is 7.99. The van der Waals surface area contributed by atoms with Gasteiger partial charge in [-0.15, -0.1) is 11.8 Å². The standard InChI is InChI=1S/C14H20N4O2S2/c1-10-7-12-13(8-11(10)2)16-9-17-14(12)21-6-4-3-5-18-22(15,19)20/h7-9,18H,3-6H2,1-2H3,(H2,15,19,20). The zero-order valence-electron chi connectivity index (χ0n) is 12.7. The zero-order chi connectivity index (χ0) is 16.2. The normalized spacial score (nSPS) is 12.0. The van der Waals surface area contributed by atoms with Gasteiger partial charge in [-0.05, 0) is 55.7 Å². The van der Waals surface area contributed by atoms with Crippen molar-refractivity contribution < 1.29 is 8.42 Å². The van der Waals surface area contributed by atoms with Gasteiger partial charge in [0.1, 0.15) is 11.4 Å². The average molecular weight is 340 g/mol. The Morgan fingerprint density at radius 1 is 1.18 bits per heavy atom. The lowest BCUT2D eigenvalue weighted by atomic mass is 10.1. The summed E-state index contributed by atoms with van der Waals surface area (Å²) in [5.41, 5.74) is 3.40. The molecule has 0 aliphatic rings. The molecule has 0 aliphatic carbocycles. The SMILES string of the molecule is Cc1cc2ncnc(SCCCCNS(N)(=O)=O)c2cc1C. The summed E-state index contributed by atoms with van der Waals surface area (Å²) >= 11 is 1.66. The van der Waals surface area contributed by atoms with Crippen molar-refractivity contribution in [1.29, 1.82) is 0 Å². The Kier molecular flexibility index (Phi) is 5.74. The van der Waals surface area contributed by atoms with Gasteiger partial charge in [0.05, 0.1) is 5.52 Å². The van der Waals surface area contributed by atoms with Gasteiger partial charge in [0.15, 0.2) is 0 Å². The van der Waals surface area contributed by atoms with E-state index >= 15 is 0 Å². The Labute approximate surface area is 135 Å². The fourth-order valence-electron chi connectivity index (χ4n) is 2.02. The van der Waals surface area contributed by atoms with E-state index in [1.165, 1.54) is 11.1 Å². The van der Waals surface area contributed by atoms with Crippen LogP contribution in [0.25, 0.3) is 10.9 Å². The van der Waals surface area contributed by atoms with Crippen molar-refractivity contribution in [3.8, 4) is 0 Å². The van der Waals surface area contributed by atoms with Crippen LogP contribution in [0.3, 0.4) is 0 Å². The van der Waals surface area contributed by atoms with Crippen molar-refractivity contribution in [2.45, 2.75) is 31.7 Å². The number of nitrogens with one attached hydrogen (secondary N) is 1. The molecule has 22 heavy (non-hydrogen) atoms. The van der Waals surface area contributed by atoms with Crippen molar-refractivity contribution in [3.63, 3.8) is 0 Å². The fraction of sp³-hybridized carbons (Fsp3) is 0.429. The summed E-state index contributed by atoms with van der Waals surface area (Å²) in [5.74, 6) is 0.866. The fourth-order valence-corrected chi connectivity index (χ4v) is 3.43. The van der Waals surface area contributed by atoms with Crippen LogP contribution in [0.5, 0.6) is 0 Å². The Bertz CT molecular complexity index is 763. The predicted octanol–water partition coefficient (Wildman–Crippen LogP) is 1.91. The number of rotatable bonds is 7. The third-order valence-electron chi connectivity index (χ3n) is 3.33. The number of nitrogens with two attached hydrogens (primary N) is 1. The number of hydrogen-bond acceptors (Lipinski definition) is 5. The maximum Gasteiger partial charge on any atom is 0.274 e. The van der Waals surface area contributed by atoms with E-state index in [1.54, 1.807) is 18.1 Å². The highest BCUT2D eigenvalue weighted by atomic mass is 32.2. The summed E-state index contributed by atoms with van der Waals surface area (Å²) in [6, 6.07) is 4.20. The van der Waals surface area contributed by atoms with Crippen LogP contribution in [0.4, 0.5) is 0 Å². The van der Waals surface area contributed by atoms with Crippen LogP contribution in [0, 0.1) is 13.8 Å². The maximum absolute atomic E-state index is 10.7. The number of aromatic nitrogens is 2. The first-order valence-corrected chi connectivity index (χ1v) is 9.52. The van der Waals surface area contributed by atoms with Gasteiger partial charge in [-0.3, -0.25) is 0 Å². The molecule has 0 atom stereocenters. The number of fused-ring (bicyclic) bond motifs is 1. The van der Waals surface area contributed by atoms with Crippen LogP contribution in [0.1, 0.15) is 24.0 Å². The highest BCUT2D eigenvalue weighted by Crippen LogP contribution is 2.27. The molecule has 1 aromatic heterocycles. The summed E-state index contributed by atoms with van der Waals surface area (Å²) < 4.78 is 23.8. The van der Waals surface area contributed by atoms with E-state index < -0.39 is 10.2 Å². The van der Waals surface area contributed by atoms with Gasteiger partial charge in [-0.25, -0.2) is 19.8 Å². The van der Waals surface area contributed by atoms with Gasteiger partial charge in [-0.1, -0.05) is 0 Å². The molecular weight excluding hydrogens is 320 g/mol. The summed E-state index contributed by atoms with van der Waals surface area (Å²) in [7, 11) is -3.58. The quantitative estimate of drug-likeness (QED) is 0.456. The third-order valence-corrected chi connectivity index (χ3v) is 5.03. The third kappa shape index (κ3) is 4.91. The first kappa shape index (κ1) is 17.1. The largest absolute Gasteiger partial charge is 0.274 e. The van der Waals surface area contributed by atoms with E-state index in [0.29, 0.717) is 6.54 Å². The molecular formula is C14H20N4O2S2. The molecule has 3 N–H and O–H groups in total. The van der Waals surface area contributed by atoms with Crippen LogP contribution in [0.15, 0.2) is 23.5 Å². The van der Waals surface area contributed by atoms with Crippen molar-refractivity contribution in [1.82, 2.24) is 14.7 Å². The molecule has 120 valence electrons. The average Bonchev–Trinajstić information content (AvgIpc) is 2.43. The predicted molar refractivity (Wildman–Crippen MR) is 90.1 cm³/mol. The van der Waals surface area contributed by atoms with Crippen molar-refractivity contribution >= 4 is 32.9 Å². The summed E-state index contributed by atoms with van der Waals surface area (Å²) in [4.78, 5) is 8.67. The second kappa shape index (κ2) is 7.36. The molecule has 1 aromatic carbocycles. The minimum atomic E-state index is -3.58. The number of aryl methyl sites for hydroxylation is 2. The number of thioether (sulfide) groups is 1. The smallest absolute Gasteiger partial charge is 0.236 e. The molecule has 0 saturated heterocycles. The molecule has 8 heteroatoms. The molecule has 0 fully saturated rings. The second-order valence-corrected chi connectivity index (χ2v) is 7.59. The van der Waals surface area contributed by atoms with E-state index in [-0.39, 0.29) is 0 Å². The molecule has 0 aliphatic heterocycles. The summed E-state index contributed by atoms with van der Waals surface area (Å²) in [6.45, 7) is 4.51. The van der Waals surface area contributed by atoms with E-state index in [1.807, 2.05) is 0 Å². The molecule has 6 nitrogen and oxygen atoms in total. The van der Waals surface area contributed by atoms with Gasteiger partial charge in [0.25, 0.3) is 10.2 Å². The van der Waals surface area contributed by atoms with E-state index in [2.05, 4.69) is 40.7 Å². The molecule has 2 rings (SSSR count). The van der Waals surface area contributed by atoms with Gasteiger partial charge in [-0.2, -0.15) is 8.42 Å². The lowest BCUT2D eigenvalue weighted by Crippen LogP contribution is -2.31. The molecule has 0 spiro atoms. The lowest BCUT2D eigenvalue weighted by molar-refractivity contribution is 0.580. The number of nitrogens with zero attached hydrogens (tertiary/aromatic N) is 2. The van der Waals surface area contributed by atoms with Gasteiger partial charge in [0.2, 0.25) is 0 Å². The molecule has 0 bridgehead atoms. The number of benzene rings is 1. The molecule has 2 aromatic rings. The Morgan fingerprint density at radius 2 is 1.91 bits per heavy atom. The van der Waals surface area contributed by atoms with Gasteiger partial charge >= 0.3 is 0 Å². The second-order valence-electron chi connectivity index (χ2n) is 5.13. The molecule has 0 unspecified atom stereocenters.